The molecule has 1 heterocycles. The molecule has 9 heteroatoms. The van der Waals surface area contributed by atoms with Gasteiger partial charge in [0.1, 0.15) is 5.60 Å². The minimum absolute atomic E-state index is 0.129. The summed E-state index contributed by atoms with van der Waals surface area (Å²) in [5.74, 6) is -0.559. The molecule has 1 aromatic carbocycles. The van der Waals surface area contributed by atoms with E-state index >= 15 is 0 Å². The summed E-state index contributed by atoms with van der Waals surface area (Å²) in [7, 11) is 0. The van der Waals surface area contributed by atoms with E-state index in [0.717, 1.165) is 12.1 Å². The van der Waals surface area contributed by atoms with Gasteiger partial charge in [0.25, 0.3) is 5.91 Å². The number of likely N-dealkylation sites (tertiary alicyclic amines) is 1. The maximum Gasteiger partial charge on any atom is 0.416 e. The number of nitrogens with zero attached hydrogens (tertiary/aromatic N) is 1. The molecule has 3 N–H and O–H groups in total. The van der Waals surface area contributed by atoms with E-state index in [4.69, 9.17) is 10.5 Å². The summed E-state index contributed by atoms with van der Waals surface area (Å²) in [4.78, 5) is 25.7. The van der Waals surface area contributed by atoms with E-state index < -0.39 is 29.3 Å². The van der Waals surface area contributed by atoms with E-state index in [1.54, 1.807) is 20.8 Å². The summed E-state index contributed by atoms with van der Waals surface area (Å²) < 4.78 is 43.8. The zero-order valence-corrected chi connectivity index (χ0v) is 14.8. The number of ether oxygens (including phenoxy) is 1. The Labute approximate surface area is 149 Å². The lowest BCUT2D eigenvalue weighted by Gasteiger charge is -2.22. The number of amides is 2. The summed E-state index contributed by atoms with van der Waals surface area (Å²) in [6, 6.07) is 2.46. The highest BCUT2D eigenvalue weighted by molar-refractivity contribution is 5.95. The Morgan fingerprint density at radius 2 is 1.88 bits per heavy atom. The number of carbonyl (C=O) groups excluding carboxylic acids is 2. The monoisotopic (exact) mass is 373 g/mol. The Hall–Kier alpha value is -2.45. The molecule has 2 amide bonds. The fourth-order valence-corrected chi connectivity index (χ4v) is 2.66. The van der Waals surface area contributed by atoms with Gasteiger partial charge in [0.2, 0.25) is 0 Å². The standard InChI is InChI=1S/C17H22F3N3O3/c1-16(2,3)26-15(25)22-13-4-5-23(9-13)14(24)10-6-11(17(18,19)20)8-12(21)7-10/h6-8,13H,4-5,9,21H2,1-3H3,(H,22,25)/t13-/m0/s1. The Kier molecular flexibility index (Phi) is 5.39. The van der Waals surface area contributed by atoms with Gasteiger partial charge < -0.3 is 20.7 Å². The predicted molar refractivity (Wildman–Crippen MR) is 89.5 cm³/mol. The van der Waals surface area contributed by atoms with Crippen molar-refractivity contribution in [3.63, 3.8) is 0 Å². The van der Waals surface area contributed by atoms with Gasteiger partial charge in [-0.2, -0.15) is 13.2 Å². The number of carbonyl (C=O) groups is 2. The number of hydrogen-bond donors (Lipinski definition) is 2. The van der Waals surface area contributed by atoms with Crippen LogP contribution in [0.3, 0.4) is 0 Å². The second-order valence-electron chi connectivity index (χ2n) is 7.22. The number of alkyl halides is 3. The van der Waals surface area contributed by atoms with Crippen molar-refractivity contribution in [1.82, 2.24) is 10.2 Å². The van der Waals surface area contributed by atoms with E-state index in [1.165, 1.54) is 11.0 Å². The van der Waals surface area contributed by atoms with Crippen LogP contribution < -0.4 is 11.1 Å². The lowest BCUT2D eigenvalue weighted by Crippen LogP contribution is -2.41. The topological polar surface area (TPSA) is 84.7 Å². The number of benzene rings is 1. The Bertz CT molecular complexity index is 699. The third-order valence-electron chi connectivity index (χ3n) is 3.73. The molecule has 0 spiro atoms. The second kappa shape index (κ2) is 7.05. The summed E-state index contributed by atoms with van der Waals surface area (Å²) in [6.45, 7) is 5.70. The fourth-order valence-electron chi connectivity index (χ4n) is 2.66. The van der Waals surface area contributed by atoms with Crippen LogP contribution in [0.2, 0.25) is 0 Å². The maximum absolute atomic E-state index is 12.9. The summed E-state index contributed by atoms with van der Waals surface area (Å²) >= 11 is 0. The number of nitrogens with one attached hydrogen (secondary N) is 1. The van der Waals surface area contributed by atoms with Crippen molar-refractivity contribution >= 4 is 17.7 Å². The number of rotatable bonds is 2. The van der Waals surface area contributed by atoms with Crippen LogP contribution in [0.1, 0.15) is 43.1 Å². The minimum Gasteiger partial charge on any atom is -0.444 e. The molecule has 1 saturated heterocycles. The molecule has 1 aliphatic rings. The zero-order valence-electron chi connectivity index (χ0n) is 14.8. The Morgan fingerprint density at radius 1 is 1.23 bits per heavy atom. The first kappa shape index (κ1) is 19.9. The first-order valence-electron chi connectivity index (χ1n) is 8.12. The Balaban J connectivity index is 2.04. The molecule has 1 atom stereocenters. The van der Waals surface area contributed by atoms with Crippen molar-refractivity contribution in [2.75, 3.05) is 18.8 Å². The van der Waals surface area contributed by atoms with Crippen molar-refractivity contribution in [3.05, 3.63) is 29.3 Å². The van der Waals surface area contributed by atoms with Gasteiger partial charge in [-0.3, -0.25) is 4.79 Å². The molecular formula is C17H22F3N3O3. The van der Waals surface area contributed by atoms with E-state index in [-0.39, 0.29) is 23.8 Å². The van der Waals surface area contributed by atoms with Crippen LogP contribution in [-0.2, 0) is 10.9 Å². The molecule has 0 radical (unpaired) electrons. The average Bonchev–Trinajstić information content (AvgIpc) is 2.91. The number of alkyl carbamates (subject to hydrolysis) is 1. The van der Waals surface area contributed by atoms with E-state index in [9.17, 15) is 22.8 Å². The summed E-state index contributed by atoms with van der Waals surface area (Å²) in [5, 5.41) is 2.66. The molecule has 0 bridgehead atoms. The van der Waals surface area contributed by atoms with Crippen LogP contribution in [0, 0.1) is 0 Å². The highest BCUT2D eigenvalue weighted by atomic mass is 19.4. The minimum atomic E-state index is -4.59. The second-order valence-corrected chi connectivity index (χ2v) is 7.22. The predicted octanol–water partition coefficient (Wildman–Crippen LogP) is 3.03. The number of nitrogens with two attached hydrogens (primary N) is 1. The van der Waals surface area contributed by atoms with Crippen molar-refractivity contribution in [1.29, 1.82) is 0 Å². The molecule has 26 heavy (non-hydrogen) atoms. The molecule has 0 unspecified atom stereocenters. The van der Waals surface area contributed by atoms with Gasteiger partial charge >= 0.3 is 12.3 Å². The maximum atomic E-state index is 12.9. The molecular weight excluding hydrogens is 351 g/mol. The quantitative estimate of drug-likeness (QED) is 0.781. The van der Waals surface area contributed by atoms with Crippen molar-refractivity contribution in [2.24, 2.45) is 0 Å². The molecule has 0 saturated carbocycles. The first-order valence-corrected chi connectivity index (χ1v) is 8.12. The van der Waals surface area contributed by atoms with Gasteiger partial charge in [-0.05, 0) is 45.4 Å². The fraction of sp³-hybridized carbons (Fsp3) is 0.529. The Morgan fingerprint density at radius 3 is 2.46 bits per heavy atom. The zero-order chi connectivity index (χ0) is 19.7. The van der Waals surface area contributed by atoms with Gasteiger partial charge in [-0.25, -0.2) is 4.79 Å². The third kappa shape index (κ3) is 5.27. The highest BCUT2D eigenvalue weighted by Crippen LogP contribution is 2.31. The molecule has 2 rings (SSSR count). The van der Waals surface area contributed by atoms with Crippen LogP contribution >= 0.6 is 0 Å². The van der Waals surface area contributed by atoms with E-state index in [0.29, 0.717) is 13.0 Å². The first-order chi connectivity index (χ1) is 11.8. The van der Waals surface area contributed by atoms with Crippen LogP contribution in [0.15, 0.2) is 18.2 Å². The number of halogens is 3. The van der Waals surface area contributed by atoms with Crippen LogP contribution in [-0.4, -0.2) is 41.6 Å². The third-order valence-corrected chi connectivity index (χ3v) is 3.73. The summed E-state index contributed by atoms with van der Waals surface area (Å²) in [6.07, 6.45) is -4.70. The molecule has 0 aliphatic carbocycles. The van der Waals surface area contributed by atoms with Crippen LogP contribution in [0.5, 0.6) is 0 Å². The number of anilines is 1. The number of hydrogen-bond acceptors (Lipinski definition) is 4. The highest BCUT2D eigenvalue weighted by Gasteiger charge is 2.33. The van der Waals surface area contributed by atoms with Gasteiger partial charge in [0.15, 0.2) is 0 Å². The average molecular weight is 373 g/mol. The molecule has 1 aliphatic heterocycles. The lowest BCUT2D eigenvalue weighted by molar-refractivity contribution is -0.137. The van der Waals surface area contributed by atoms with E-state index in [2.05, 4.69) is 5.32 Å². The van der Waals surface area contributed by atoms with Crippen molar-refractivity contribution in [3.8, 4) is 0 Å². The van der Waals surface area contributed by atoms with Gasteiger partial charge in [-0.15, -0.1) is 0 Å². The van der Waals surface area contributed by atoms with Gasteiger partial charge in [0.05, 0.1) is 11.6 Å². The normalized spacial score (nSPS) is 17.9. The molecule has 1 fully saturated rings. The molecule has 1 aromatic rings. The smallest absolute Gasteiger partial charge is 0.416 e. The summed E-state index contributed by atoms with van der Waals surface area (Å²) in [5.41, 5.74) is 3.62. The largest absolute Gasteiger partial charge is 0.444 e. The van der Waals surface area contributed by atoms with Gasteiger partial charge in [-0.1, -0.05) is 0 Å². The SMILES string of the molecule is CC(C)(C)OC(=O)N[C@H]1CCN(C(=O)c2cc(N)cc(C(F)(F)F)c2)C1. The van der Waals surface area contributed by atoms with Crippen LogP contribution in [0.25, 0.3) is 0 Å². The van der Waals surface area contributed by atoms with E-state index in [1.807, 2.05) is 0 Å². The molecule has 6 nitrogen and oxygen atoms in total. The van der Waals surface area contributed by atoms with Gasteiger partial charge in [0, 0.05) is 24.3 Å². The molecule has 0 aromatic heterocycles. The van der Waals surface area contributed by atoms with Crippen molar-refractivity contribution < 1.29 is 27.5 Å². The molecule has 144 valence electrons. The number of nitrogen functional groups attached to an aromatic ring is 1. The van der Waals surface area contributed by atoms with Crippen molar-refractivity contribution in [2.45, 2.75) is 45.0 Å². The van der Waals surface area contributed by atoms with Crippen LogP contribution in [0.4, 0.5) is 23.7 Å². The lowest BCUT2D eigenvalue weighted by atomic mass is 10.1.